The number of carbonyl (C=O) groups excluding carboxylic acids is 3. The van der Waals surface area contributed by atoms with Crippen molar-refractivity contribution in [1.29, 1.82) is 0 Å². The zero-order chi connectivity index (χ0) is 46.4. The molecule has 346 valence electrons. The molecule has 2 aliphatic heterocycles. The van der Waals surface area contributed by atoms with E-state index in [1.165, 1.54) is 16.2 Å². The Morgan fingerprint density at radius 3 is 2.40 bits per heavy atom. The standard InChI is InChI=1S/C51H53N7O8S/c1-31(2)47(58-28-37-6-4-5-7-39(37)50(58)61)51(62)57-29-38(59)24-44(57)49(60)54-26-36-9-8-34(48-32(3)55-30-67-48)23-45(36)65-20-18-63-16-17-64-19-21-66-46-13-11-35(25-53-46)33-10-12-40-41-27-52-15-14-42(41)56-43(40)22-33/h4-15,22-23,25,27,30-31,38,44,47,56,59H,16-21,24,26,28-29H2,1-3H3,(H,54,60)/t38-,44+,47+/m1/s1. The van der Waals surface area contributed by atoms with E-state index in [2.05, 4.69) is 43.5 Å². The van der Waals surface area contributed by atoms with Gasteiger partial charge in [-0.15, -0.1) is 11.3 Å². The van der Waals surface area contributed by atoms with Crippen LogP contribution in [-0.2, 0) is 32.2 Å². The number of likely N-dealkylation sites (tertiary alicyclic amines) is 1. The first-order chi connectivity index (χ1) is 32.6. The summed E-state index contributed by atoms with van der Waals surface area (Å²) in [6, 6.07) is 23.6. The summed E-state index contributed by atoms with van der Waals surface area (Å²) in [5.74, 6) is -0.0959. The predicted molar refractivity (Wildman–Crippen MR) is 255 cm³/mol. The van der Waals surface area contributed by atoms with E-state index >= 15 is 0 Å². The minimum atomic E-state index is -0.907. The van der Waals surface area contributed by atoms with Crippen LogP contribution in [0.25, 0.3) is 43.4 Å². The molecule has 67 heavy (non-hydrogen) atoms. The quantitative estimate of drug-likeness (QED) is 0.0714. The summed E-state index contributed by atoms with van der Waals surface area (Å²) in [5, 5.41) is 16.0. The Bertz CT molecular complexity index is 2880. The highest BCUT2D eigenvalue weighted by molar-refractivity contribution is 7.13. The number of H-pyrrole nitrogens is 1. The summed E-state index contributed by atoms with van der Waals surface area (Å²) >= 11 is 1.53. The number of thiazole rings is 1. The molecular weight excluding hydrogens is 871 g/mol. The van der Waals surface area contributed by atoms with Crippen LogP contribution in [0, 0.1) is 12.8 Å². The van der Waals surface area contributed by atoms with E-state index in [1.54, 1.807) is 28.9 Å². The Hall–Kier alpha value is -6.72. The number of carbonyl (C=O) groups is 3. The van der Waals surface area contributed by atoms with Gasteiger partial charge in [0.15, 0.2) is 0 Å². The van der Waals surface area contributed by atoms with Gasteiger partial charge in [0.25, 0.3) is 5.91 Å². The number of ether oxygens (including phenoxy) is 4. The number of amides is 3. The molecule has 0 saturated carbocycles. The lowest BCUT2D eigenvalue weighted by Gasteiger charge is -2.35. The van der Waals surface area contributed by atoms with Gasteiger partial charge in [0.1, 0.15) is 31.0 Å². The molecule has 15 nitrogen and oxygen atoms in total. The van der Waals surface area contributed by atoms with Crippen LogP contribution in [0.2, 0.25) is 0 Å². The number of aromatic amines is 1. The lowest BCUT2D eigenvalue weighted by molar-refractivity contribution is -0.143. The molecule has 3 aromatic carbocycles. The van der Waals surface area contributed by atoms with Gasteiger partial charge in [0.05, 0.1) is 48.6 Å². The summed E-state index contributed by atoms with van der Waals surface area (Å²) < 4.78 is 23.6. The Kier molecular flexibility index (Phi) is 13.9. The average Bonchev–Trinajstić information content (AvgIpc) is 4.13. The minimum Gasteiger partial charge on any atom is -0.491 e. The SMILES string of the molecule is Cc1ncsc1-c1ccc(CNC(=O)[C@@H]2C[C@@H](O)CN2C(=O)[C@H](C(C)C)N2Cc3ccccc3C2=O)c(OCCOCCOCCOc2ccc(-c3ccc4c(c3)[nH]c3ccncc34)cn2)c1. The number of hydrogen-bond donors (Lipinski definition) is 3. The van der Waals surface area contributed by atoms with Gasteiger partial charge in [-0.05, 0) is 59.9 Å². The van der Waals surface area contributed by atoms with Gasteiger partial charge in [-0.25, -0.2) is 9.97 Å². The van der Waals surface area contributed by atoms with Gasteiger partial charge in [-0.2, -0.15) is 0 Å². The number of β-amino-alcohol motifs (C(OH)–C–C–N with tert-alkyl or cyclic N) is 1. The summed E-state index contributed by atoms with van der Waals surface area (Å²) in [7, 11) is 0. The van der Waals surface area contributed by atoms with Crippen molar-refractivity contribution in [3.8, 4) is 33.2 Å². The van der Waals surface area contributed by atoms with Crippen molar-refractivity contribution in [2.24, 2.45) is 5.92 Å². The maximum absolute atomic E-state index is 14.2. The third-order valence-corrected chi connectivity index (χ3v) is 13.2. The van der Waals surface area contributed by atoms with Crippen LogP contribution in [0.3, 0.4) is 0 Å². The summed E-state index contributed by atoms with van der Waals surface area (Å²) in [5.41, 5.74) is 9.94. The van der Waals surface area contributed by atoms with Crippen molar-refractivity contribution in [3.63, 3.8) is 0 Å². The molecule has 4 aromatic heterocycles. The number of fused-ring (bicyclic) bond motifs is 4. The van der Waals surface area contributed by atoms with E-state index in [1.807, 2.05) is 81.6 Å². The van der Waals surface area contributed by atoms with Gasteiger partial charge in [0, 0.05) is 89.2 Å². The fourth-order valence-electron chi connectivity index (χ4n) is 8.91. The van der Waals surface area contributed by atoms with Crippen LogP contribution >= 0.6 is 11.3 Å². The fourth-order valence-corrected chi connectivity index (χ4v) is 9.71. The summed E-state index contributed by atoms with van der Waals surface area (Å²) in [4.78, 5) is 62.2. The maximum Gasteiger partial charge on any atom is 0.255 e. The molecule has 1 fully saturated rings. The second kappa shape index (κ2) is 20.4. The molecule has 1 saturated heterocycles. The lowest BCUT2D eigenvalue weighted by atomic mass is 10.0. The molecule has 0 aliphatic carbocycles. The van der Waals surface area contributed by atoms with Crippen LogP contribution in [0.1, 0.15) is 47.4 Å². The molecule has 3 N–H and O–H groups in total. The van der Waals surface area contributed by atoms with Crippen molar-refractivity contribution in [2.45, 2.75) is 58.5 Å². The van der Waals surface area contributed by atoms with E-state index in [9.17, 15) is 19.5 Å². The second-order valence-electron chi connectivity index (χ2n) is 17.1. The van der Waals surface area contributed by atoms with E-state index < -0.39 is 24.1 Å². The molecule has 0 radical (unpaired) electrons. The highest BCUT2D eigenvalue weighted by Crippen LogP contribution is 2.34. The van der Waals surface area contributed by atoms with Crippen molar-refractivity contribution >= 4 is 50.9 Å². The Labute approximate surface area is 392 Å². The van der Waals surface area contributed by atoms with Gasteiger partial charge in [0.2, 0.25) is 17.7 Å². The second-order valence-corrected chi connectivity index (χ2v) is 18.0. The fraction of sp³-hybridized carbons (Fsp3) is 0.333. The van der Waals surface area contributed by atoms with Crippen molar-refractivity contribution in [2.75, 3.05) is 46.2 Å². The van der Waals surface area contributed by atoms with Crippen molar-refractivity contribution in [3.05, 3.63) is 125 Å². The number of nitrogens with one attached hydrogen (secondary N) is 2. The predicted octanol–water partition coefficient (Wildman–Crippen LogP) is 6.96. The first-order valence-corrected chi connectivity index (χ1v) is 23.4. The van der Waals surface area contributed by atoms with Gasteiger partial charge in [-0.3, -0.25) is 19.4 Å². The molecule has 3 amide bonds. The Morgan fingerprint density at radius 1 is 0.866 bits per heavy atom. The molecule has 0 unspecified atom stereocenters. The molecule has 3 atom stereocenters. The van der Waals surface area contributed by atoms with Gasteiger partial charge in [-0.1, -0.05) is 56.3 Å². The average molecular weight is 924 g/mol. The third-order valence-electron chi connectivity index (χ3n) is 12.3. The Morgan fingerprint density at radius 2 is 1.64 bits per heavy atom. The minimum absolute atomic E-state index is 0.00201. The highest BCUT2D eigenvalue weighted by Gasteiger charge is 2.45. The van der Waals surface area contributed by atoms with Crippen LogP contribution in [0.4, 0.5) is 0 Å². The highest BCUT2D eigenvalue weighted by atomic mass is 32.1. The maximum atomic E-state index is 14.2. The third kappa shape index (κ3) is 10.0. The number of hydrogen-bond acceptors (Lipinski definition) is 12. The number of nitrogens with zero attached hydrogens (tertiary/aromatic N) is 5. The molecule has 7 aromatic rings. The van der Waals surface area contributed by atoms with E-state index in [4.69, 9.17) is 18.9 Å². The van der Waals surface area contributed by atoms with E-state index in [-0.39, 0.29) is 43.8 Å². The number of aliphatic hydroxyl groups is 1. The van der Waals surface area contributed by atoms with Gasteiger partial charge < -0.3 is 44.2 Å². The zero-order valence-electron chi connectivity index (χ0n) is 37.6. The first kappa shape index (κ1) is 45.4. The number of pyridine rings is 2. The molecule has 0 spiro atoms. The molecule has 16 heteroatoms. The number of benzene rings is 3. The number of aryl methyl sites for hydroxylation is 1. The molecule has 2 aliphatic rings. The number of rotatable bonds is 19. The molecule has 6 heterocycles. The van der Waals surface area contributed by atoms with Crippen LogP contribution in [-0.4, -0.2) is 117 Å². The summed E-state index contributed by atoms with van der Waals surface area (Å²) in [6.07, 6.45) is 4.67. The van der Waals surface area contributed by atoms with Gasteiger partial charge >= 0.3 is 0 Å². The molecule has 0 bridgehead atoms. The van der Waals surface area contributed by atoms with Crippen LogP contribution < -0.4 is 14.8 Å². The van der Waals surface area contributed by atoms with Crippen LogP contribution in [0.15, 0.2) is 103 Å². The molecular formula is C51H53N7O8S. The molecule has 9 rings (SSSR count). The largest absolute Gasteiger partial charge is 0.491 e. The first-order valence-electron chi connectivity index (χ1n) is 22.5. The van der Waals surface area contributed by atoms with E-state index in [0.717, 1.165) is 60.2 Å². The topological polar surface area (TPSA) is 181 Å². The number of aromatic nitrogens is 4. The van der Waals surface area contributed by atoms with Crippen LogP contribution in [0.5, 0.6) is 11.6 Å². The van der Waals surface area contributed by atoms with E-state index in [0.29, 0.717) is 56.8 Å². The monoisotopic (exact) mass is 923 g/mol. The number of aliphatic hydroxyl groups excluding tert-OH is 1. The smallest absolute Gasteiger partial charge is 0.255 e. The Balaban J connectivity index is 0.736. The zero-order valence-corrected chi connectivity index (χ0v) is 38.5. The van der Waals surface area contributed by atoms with Crippen molar-refractivity contribution < 1.29 is 38.4 Å². The lowest BCUT2D eigenvalue weighted by Crippen LogP contribution is -2.55. The van der Waals surface area contributed by atoms with Crippen molar-refractivity contribution in [1.82, 2.24) is 35.1 Å². The normalized spacial score (nSPS) is 16.3. The summed E-state index contributed by atoms with van der Waals surface area (Å²) in [6.45, 7) is 8.14.